The average molecular weight is 412 g/mol. The summed E-state index contributed by atoms with van der Waals surface area (Å²) in [5.41, 5.74) is 10.0. The van der Waals surface area contributed by atoms with Gasteiger partial charge >= 0.3 is 0 Å². The second kappa shape index (κ2) is 8.64. The number of anilines is 1. The van der Waals surface area contributed by atoms with Crippen LogP contribution in [-0.4, -0.2) is 11.2 Å². The summed E-state index contributed by atoms with van der Waals surface area (Å²) < 4.78 is 0. The highest BCUT2D eigenvalue weighted by molar-refractivity contribution is 7.14. The molecule has 4 heteroatoms. The maximum absolute atomic E-state index is 4.60. The summed E-state index contributed by atoms with van der Waals surface area (Å²) >= 11 is 1.55. The zero-order valence-electron chi connectivity index (χ0n) is 17.5. The number of rotatable bonds is 5. The summed E-state index contributed by atoms with van der Waals surface area (Å²) in [5, 5.41) is 7.19. The molecule has 0 aliphatic heterocycles. The topological polar surface area (TPSA) is 37.3 Å². The lowest BCUT2D eigenvalue weighted by Crippen LogP contribution is -2.10. The second-order valence-electron chi connectivity index (χ2n) is 8.23. The van der Waals surface area contributed by atoms with E-state index in [1.165, 1.54) is 16.7 Å². The first-order valence-electron chi connectivity index (χ1n) is 10.00. The van der Waals surface area contributed by atoms with Crippen molar-refractivity contribution in [2.24, 2.45) is 5.10 Å². The van der Waals surface area contributed by atoms with Gasteiger partial charge in [-0.2, -0.15) is 5.10 Å². The Morgan fingerprint density at radius 1 is 0.833 bits per heavy atom. The zero-order valence-corrected chi connectivity index (χ0v) is 18.3. The van der Waals surface area contributed by atoms with Crippen molar-refractivity contribution in [1.82, 2.24) is 4.98 Å². The molecule has 3 nitrogen and oxygen atoms in total. The molecule has 0 amide bonds. The van der Waals surface area contributed by atoms with E-state index in [-0.39, 0.29) is 5.41 Å². The Morgan fingerprint density at radius 3 is 2.30 bits per heavy atom. The van der Waals surface area contributed by atoms with Crippen LogP contribution in [0.4, 0.5) is 5.13 Å². The minimum atomic E-state index is 0.162. The predicted octanol–water partition coefficient (Wildman–Crippen LogP) is 7.22. The Hall–Kier alpha value is -3.24. The number of hydrazone groups is 1. The number of nitrogens with one attached hydrogen (secondary N) is 1. The Balaban J connectivity index is 1.45. The zero-order chi connectivity index (χ0) is 21.0. The minimum Gasteiger partial charge on any atom is -0.253 e. The van der Waals surface area contributed by atoms with E-state index in [4.69, 9.17) is 0 Å². The summed E-state index contributed by atoms with van der Waals surface area (Å²) in [6.07, 6.45) is 1.83. The number of benzene rings is 3. The molecule has 0 unspecified atom stereocenters. The molecule has 0 radical (unpaired) electrons. The molecule has 0 saturated heterocycles. The van der Waals surface area contributed by atoms with Gasteiger partial charge in [0.25, 0.3) is 0 Å². The number of nitrogens with zero attached hydrogens (tertiary/aromatic N) is 2. The smallest absolute Gasteiger partial charge is 0.203 e. The molecule has 3 aromatic carbocycles. The van der Waals surface area contributed by atoms with Crippen LogP contribution in [0, 0.1) is 0 Å². The summed E-state index contributed by atoms with van der Waals surface area (Å²) in [6, 6.07) is 27.3. The number of hydrogen-bond acceptors (Lipinski definition) is 4. The molecule has 1 N–H and O–H groups in total. The molecule has 30 heavy (non-hydrogen) atoms. The lowest BCUT2D eigenvalue weighted by molar-refractivity contribution is 0.590. The third-order valence-electron chi connectivity index (χ3n) is 4.92. The number of thiazole rings is 1. The molecular weight excluding hydrogens is 386 g/mol. The molecule has 0 spiro atoms. The highest BCUT2D eigenvalue weighted by atomic mass is 32.1. The van der Waals surface area contributed by atoms with E-state index in [9.17, 15) is 0 Å². The van der Waals surface area contributed by atoms with Crippen molar-refractivity contribution in [2.75, 3.05) is 5.43 Å². The Bertz CT molecular complexity index is 1140. The van der Waals surface area contributed by atoms with Crippen LogP contribution < -0.4 is 5.43 Å². The van der Waals surface area contributed by atoms with Gasteiger partial charge in [-0.25, -0.2) is 4.98 Å². The fraction of sp³-hybridized carbons (Fsp3) is 0.154. The molecule has 0 aliphatic rings. The van der Waals surface area contributed by atoms with Gasteiger partial charge < -0.3 is 0 Å². The quantitative estimate of drug-likeness (QED) is 0.278. The van der Waals surface area contributed by atoms with Gasteiger partial charge in [0.1, 0.15) is 0 Å². The van der Waals surface area contributed by atoms with Crippen molar-refractivity contribution >= 4 is 22.7 Å². The highest BCUT2D eigenvalue weighted by Gasteiger charge is 2.13. The van der Waals surface area contributed by atoms with Crippen LogP contribution in [0.1, 0.15) is 31.9 Å². The highest BCUT2D eigenvalue weighted by Crippen LogP contribution is 2.27. The van der Waals surface area contributed by atoms with Crippen LogP contribution in [0.2, 0.25) is 0 Å². The maximum atomic E-state index is 4.60. The lowest BCUT2D eigenvalue weighted by atomic mass is 9.86. The van der Waals surface area contributed by atoms with E-state index in [0.29, 0.717) is 0 Å². The molecular formula is C26H25N3S. The van der Waals surface area contributed by atoms with Gasteiger partial charge in [-0.3, -0.25) is 5.43 Å². The van der Waals surface area contributed by atoms with Gasteiger partial charge in [-0.1, -0.05) is 93.6 Å². The maximum Gasteiger partial charge on any atom is 0.203 e. The number of hydrogen-bond donors (Lipinski definition) is 1. The SMILES string of the molecule is CC(C)(C)c1ccc(-c2cccc(C=NNc3nc(-c4ccccc4)cs3)c2)cc1. The first-order chi connectivity index (χ1) is 14.5. The lowest BCUT2D eigenvalue weighted by Gasteiger charge is -2.19. The molecule has 0 aliphatic carbocycles. The van der Waals surface area contributed by atoms with Gasteiger partial charge in [0.05, 0.1) is 11.9 Å². The average Bonchev–Trinajstić information content (AvgIpc) is 3.23. The van der Waals surface area contributed by atoms with Crippen molar-refractivity contribution in [3.05, 3.63) is 95.4 Å². The van der Waals surface area contributed by atoms with E-state index < -0.39 is 0 Å². The Morgan fingerprint density at radius 2 is 1.57 bits per heavy atom. The van der Waals surface area contributed by atoms with Crippen molar-refractivity contribution < 1.29 is 0 Å². The molecule has 0 bridgehead atoms. The van der Waals surface area contributed by atoms with Gasteiger partial charge in [0.2, 0.25) is 5.13 Å². The Kier molecular flexibility index (Phi) is 5.77. The van der Waals surface area contributed by atoms with Crippen LogP contribution in [-0.2, 0) is 5.41 Å². The summed E-state index contributed by atoms with van der Waals surface area (Å²) in [5.74, 6) is 0. The molecule has 1 aromatic heterocycles. The summed E-state index contributed by atoms with van der Waals surface area (Å²) in [4.78, 5) is 4.60. The van der Waals surface area contributed by atoms with E-state index in [0.717, 1.165) is 22.0 Å². The normalized spacial score (nSPS) is 11.7. The van der Waals surface area contributed by atoms with Crippen LogP contribution in [0.5, 0.6) is 0 Å². The fourth-order valence-corrected chi connectivity index (χ4v) is 3.86. The molecule has 4 aromatic rings. The summed E-state index contributed by atoms with van der Waals surface area (Å²) in [6.45, 7) is 6.70. The molecule has 0 saturated carbocycles. The van der Waals surface area contributed by atoms with E-state index in [2.05, 4.69) is 96.9 Å². The Labute approximate surface area is 182 Å². The van der Waals surface area contributed by atoms with Crippen LogP contribution >= 0.6 is 11.3 Å². The van der Waals surface area contributed by atoms with Crippen molar-refractivity contribution in [2.45, 2.75) is 26.2 Å². The van der Waals surface area contributed by atoms with Crippen molar-refractivity contribution in [3.8, 4) is 22.4 Å². The van der Waals surface area contributed by atoms with Gasteiger partial charge in [0, 0.05) is 10.9 Å². The third-order valence-corrected chi connectivity index (χ3v) is 5.67. The van der Waals surface area contributed by atoms with Gasteiger partial charge in [-0.05, 0) is 33.7 Å². The first kappa shape index (κ1) is 20.0. The van der Waals surface area contributed by atoms with E-state index in [1.54, 1.807) is 11.3 Å². The molecule has 1 heterocycles. The molecule has 0 atom stereocenters. The predicted molar refractivity (Wildman–Crippen MR) is 129 cm³/mol. The monoisotopic (exact) mass is 411 g/mol. The third kappa shape index (κ3) is 4.84. The van der Waals surface area contributed by atoms with E-state index in [1.807, 2.05) is 29.8 Å². The molecule has 4 rings (SSSR count). The molecule has 150 valence electrons. The summed E-state index contributed by atoms with van der Waals surface area (Å²) in [7, 11) is 0. The van der Waals surface area contributed by atoms with Crippen LogP contribution in [0.15, 0.2) is 89.3 Å². The first-order valence-corrected chi connectivity index (χ1v) is 10.9. The van der Waals surface area contributed by atoms with Crippen molar-refractivity contribution in [3.63, 3.8) is 0 Å². The largest absolute Gasteiger partial charge is 0.253 e. The standard InChI is InChI=1S/C26H25N3S/c1-26(2,3)23-14-12-20(13-15-23)22-11-7-8-19(16-22)17-27-29-25-28-24(18-30-25)21-9-5-4-6-10-21/h4-18H,1-3H3,(H,28,29). The van der Waals surface area contributed by atoms with Gasteiger partial charge in [-0.15, -0.1) is 11.3 Å². The fourth-order valence-electron chi connectivity index (χ4n) is 3.19. The van der Waals surface area contributed by atoms with Gasteiger partial charge in [0.15, 0.2) is 0 Å². The number of aromatic nitrogens is 1. The minimum absolute atomic E-state index is 0.162. The van der Waals surface area contributed by atoms with Crippen LogP contribution in [0.3, 0.4) is 0 Å². The second-order valence-corrected chi connectivity index (χ2v) is 9.08. The van der Waals surface area contributed by atoms with E-state index >= 15 is 0 Å². The molecule has 0 fully saturated rings. The van der Waals surface area contributed by atoms with Crippen LogP contribution in [0.25, 0.3) is 22.4 Å². The van der Waals surface area contributed by atoms with Crippen molar-refractivity contribution in [1.29, 1.82) is 0 Å².